The maximum atomic E-state index is 13.0. The Balaban J connectivity index is 1.62. The van der Waals surface area contributed by atoms with E-state index >= 15 is 0 Å². The molecule has 0 atom stereocenters. The molecule has 0 saturated carbocycles. The van der Waals surface area contributed by atoms with Crippen molar-refractivity contribution in [1.82, 2.24) is 9.88 Å². The summed E-state index contributed by atoms with van der Waals surface area (Å²) in [6.07, 6.45) is 1.71. The van der Waals surface area contributed by atoms with Gasteiger partial charge in [0.05, 0.1) is 12.2 Å². The molecule has 1 amide bonds. The van der Waals surface area contributed by atoms with Gasteiger partial charge in [-0.1, -0.05) is 36.3 Å². The van der Waals surface area contributed by atoms with Crippen LogP contribution >= 0.6 is 0 Å². The van der Waals surface area contributed by atoms with Gasteiger partial charge in [-0.3, -0.25) is 4.79 Å². The summed E-state index contributed by atoms with van der Waals surface area (Å²) in [5, 5.41) is 0. The molecular formula is C24H20N2O2. The van der Waals surface area contributed by atoms with E-state index in [-0.39, 0.29) is 5.91 Å². The van der Waals surface area contributed by atoms with Crippen molar-refractivity contribution >= 4 is 5.91 Å². The average Bonchev–Trinajstić information content (AvgIpc) is 3.18. The van der Waals surface area contributed by atoms with Crippen LogP contribution in [0.1, 0.15) is 39.7 Å². The number of rotatable bonds is 3. The van der Waals surface area contributed by atoms with Gasteiger partial charge in [-0.25, -0.2) is 4.98 Å². The molecule has 0 N–H and O–H groups in total. The Morgan fingerprint density at radius 2 is 1.79 bits per heavy atom. The maximum Gasteiger partial charge on any atom is 0.254 e. The fourth-order valence-corrected chi connectivity index (χ4v) is 3.27. The van der Waals surface area contributed by atoms with Crippen LogP contribution in [0.5, 0.6) is 5.75 Å². The van der Waals surface area contributed by atoms with Gasteiger partial charge >= 0.3 is 0 Å². The molecule has 2 aromatic carbocycles. The number of carbonyl (C=O) groups excluding carboxylic acids is 1. The summed E-state index contributed by atoms with van der Waals surface area (Å²) in [7, 11) is 0. The summed E-state index contributed by atoms with van der Waals surface area (Å²) in [4.78, 5) is 19.1. The number of hydrogen-bond donors (Lipinski definition) is 0. The van der Waals surface area contributed by atoms with Gasteiger partial charge in [0.15, 0.2) is 0 Å². The molecule has 4 nitrogen and oxygen atoms in total. The molecule has 3 aromatic rings. The van der Waals surface area contributed by atoms with Crippen molar-refractivity contribution in [2.75, 3.05) is 6.61 Å². The van der Waals surface area contributed by atoms with Gasteiger partial charge in [-0.15, -0.1) is 0 Å². The number of benzene rings is 2. The average molecular weight is 368 g/mol. The fourth-order valence-electron chi connectivity index (χ4n) is 3.27. The summed E-state index contributed by atoms with van der Waals surface area (Å²) in [5.74, 6) is 6.83. The lowest BCUT2D eigenvalue weighted by Gasteiger charge is -2.16. The molecule has 0 fully saturated rings. The van der Waals surface area contributed by atoms with Crippen LogP contribution in [-0.4, -0.2) is 22.4 Å². The molecule has 138 valence electrons. The Bertz CT molecular complexity index is 1040. The summed E-state index contributed by atoms with van der Waals surface area (Å²) >= 11 is 0. The third-order valence-electron chi connectivity index (χ3n) is 4.64. The number of ether oxygens (including phenoxy) is 1. The van der Waals surface area contributed by atoms with E-state index in [9.17, 15) is 4.79 Å². The predicted molar refractivity (Wildman–Crippen MR) is 108 cm³/mol. The minimum atomic E-state index is 0.000125. The highest BCUT2D eigenvalue weighted by atomic mass is 16.5. The second-order valence-electron chi connectivity index (χ2n) is 6.54. The lowest BCUT2D eigenvalue weighted by Crippen LogP contribution is -2.25. The first-order valence-corrected chi connectivity index (χ1v) is 9.30. The monoisotopic (exact) mass is 368 g/mol. The number of nitrogens with zero attached hydrogens (tertiary/aromatic N) is 2. The number of carbonyl (C=O) groups is 1. The van der Waals surface area contributed by atoms with Crippen LogP contribution in [0, 0.1) is 11.8 Å². The lowest BCUT2D eigenvalue weighted by atomic mass is 10.1. The summed E-state index contributed by atoms with van der Waals surface area (Å²) in [6, 6.07) is 19.2. The molecule has 1 aliphatic rings. The van der Waals surface area contributed by atoms with Crippen molar-refractivity contribution in [3.8, 4) is 17.6 Å². The first-order valence-electron chi connectivity index (χ1n) is 9.30. The van der Waals surface area contributed by atoms with Crippen LogP contribution in [0.25, 0.3) is 0 Å². The predicted octanol–water partition coefficient (Wildman–Crippen LogP) is 4.04. The highest BCUT2D eigenvalue weighted by Gasteiger charge is 2.24. The van der Waals surface area contributed by atoms with Gasteiger partial charge in [0.25, 0.3) is 5.91 Å². The SMILES string of the molecule is CCOc1ccc(C(=O)N2Cc3ccccc3C2)cc1C#Cc1ccccn1. The second kappa shape index (κ2) is 7.98. The molecule has 1 aliphatic heterocycles. The van der Waals surface area contributed by atoms with Gasteiger partial charge in [0.1, 0.15) is 11.4 Å². The largest absolute Gasteiger partial charge is 0.493 e. The molecule has 4 heteroatoms. The zero-order valence-electron chi connectivity index (χ0n) is 15.7. The molecule has 0 saturated heterocycles. The van der Waals surface area contributed by atoms with Crippen LogP contribution in [0.2, 0.25) is 0 Å². The highest BCUT2D eigenvalue weighted by Crippen LogP contribution is 2.26. The Morgan fingerprint density at radius 3 is 2.46 bits per heavy atom. The first-order chi connectivity index (χ1) is 13.7. The maximum absolute atomic E-state index is 13.0. The third kappa shape index (κ3) is 3.74. The molecule has 0 bridgehead atoms. The van der Waals surface area contributed by atoms with Crippen molar-refractivity contribution < 1.29 is 9.53 Å². The molecule has 2 heterocycles. The molecule has 1 aromatic heterocycles. The molecule has 0 radical (unpaired) electrons. The number of fused-ring (bicyclic) bond motifs is 1. The van der Waals surface area contributed by atoms with E-state index in [2.05, 4.69) is 29.0 Å². The second-order valence-corrected chi connectivity index (χ2v) is 6.54. The van der Waals surface area contributed by atoms with E-state index in [1.54, 1.807) is 6.20 Å². The topological polar surface area (TPSA) is 42.4 Å². The Labute approximate surface area is 164 Å². The van der Waals surface area contributed by atoms with Crippen LogP contribution in [0.3, 0.4) is 0 Å². The van der Waals surface area contributed by atoms with E-state index in [1.165, 1.54) is 11.1 Å². The highest BCUT2D eigenvalue weighted by molar-refractivity contribution is 5.95. The van der Waals surface area contributed by atoms with Gasteiger partial charge in [0.2, 0.25) is 0 Å². The number of pyridine rings is 1. The van der Waals surface area contributed by atoms with Crippen LogP contribution < -0.4 is 4.74 Å². The first kappa shape index (κ1) is 17.8. The minimum absolute atomic E-state index is 0.000125. The fraction of sp³-hybridized carbons (Fsp3) is 0.167. The van der Waals surface area contributed by atoms with Crippen LogP contribution in [0.4, 0.5) is 0 Å². The van der Waals surface area contributed by atoms with E-state index in [1.807, 2.05) is 60.4 Å². The zero-order chi connectivity index (χ0) is 19.3. The third-order valence-corrected chi connectivity index (χ3v) is 4.64. The van der Waals surface area contributed by atoms with Crippen molar-refractivity contribution in [2.45, 2.75) is 20.0 Å². The summed E-state index contributed by atoms with van der Waals surface area (Å²) in [5.41, 5.74) is 4.39. The molecule has 0 aliphatic carbocycles. The standard InChI is InChI=1S/C24H20N2O2/c1-2-28-23-13-11-19(15-18(23)10-12-22-9-5-6-14-25-22)24(27)26-16-20-7-3-4-8-21(20)17-26/h3-9,11,13-15H,2,16-17H2,1H3. The Kier molecular flexibility index (Phi) is 5.07. The molecule has 0 unspecified atom stereocenters. The Hall–Kier alpha value is -3.58. The minimum Gasteiger partial charge on any atom is -0.493 e. The molecular weight excluding hydrogens is 348 g/mol. The summed E-state index contributed by atoms with van der Waals surface area (Å²) in [6.45, 7) is 3.73. The number of aromatic nitrogens is 1. The van der Waals surface area contributed by atoms with E-state index < -0.39 is 0 Å². The number of amides is 1. The number of hydrogen-bond acceptors (Lipinski definition) is 3. The Morgan fingerprint density at radius 1 is 1.04 bits per heavy atom. The van der Waals surface area contributed by atoms with E-state index in [0.29, 0.717) is 42.3 Å². The smallest absolute Gasteiger partial charge is 0.254 e. The summed E-state index contributed by atoms with van der Waals surface area (Å²) < 4.78 is 5.69. The normalized spacial score (nSPS) is 12.1. The van der Waals surface area contributed by atoms with Crippen molar-refractivity contribution in [1.29, 1.82) is 0 Å². The lowest BCUT2D eigenvalue weighted by molar-refractivity contribution is 0.0751. The molecule has 4 rings (SSSR count). The van der Waals surface area contributed by atoms with E-state index in [4.69, 9.17) is 4.74 Å². The van der Waals surface area contributed by atoms with Gasteiger partial charge < -0.3 is 9.64 Å². The van der Waals surface area contributed by atoms with Crippen molar-refractivity contribution in [3.05, 3.63) is 94.8 Å². The van der Waals surface area contributed by atoms with Gasteiger partial charge in [-0.05, 0) is 54.3 Å². The van der Waals surface area contributed by atoms with Crippen molar-refractivity contribution in [2.24, 2.45) is 0 Å². The van der Waals surface area contributed by atoms with Crippen LogP contribution in [0.15, 0.2) is 66.9 Å². The van der Waals surface area contributed by atoms with Gasteiger partial charge in [0, 0.05) is 24.8 Å². The van der Waals surface area contributed by atoms with Crippen molar-refractivity contribution in [3.63, 3.8) is 0 Å². The quantitative estimate of drug-likeness (QED) is 0.656. The zero-order valence-corrected chi connectivity index (χ0v) is 15.7. The molecule has 28 heavy (non-hydrogen) atoms. The molecule has 0 spiro atoms. The van der Waals surface area contributed by atoms with Crippen LogP contribution in [-0.2, 0) is 13.1 Å². The van der Waals surface area contributed by atoms with E-state index in [0.717, 1.165) is 0 Å². The van der Waals surface area contributed by atoms with Gasteiger partial charge in [-0.2, -0.15) is 0 Å².